The van der Waals surface area contributed by atoms with Crippen LogP contribution >= 0.6 is 0 Å². The van der Waals surface area contributed by atoms with Crippen LogP contribution in [0.25, 0.3) is 0 Å². The van der Waals surface area contributed by atoms with Crippen molar-refractivity contribution in [2.45, 2.75) is 33.9 Å². The second kappa shape index (κ2) is 7.08. The molecule has 1 fully saturated rings. The SMILES string of the molecule is CCNCc1oc(CN2CCN(CC)CC2)cc1C. The van der Waals surface area contributed by atoms with E-state index in [1.54, 1.807) is 0 Å². The number of furan rings is 1. The molecule has 2 rings (SSSR count). The van der Waals surface area contributed by atoms with Crippen molar-refractivity contribution in [2.75, 3.05) is 39.3 Å². The van der Waals surface area contributed by atoms with Crippen molar-refractivity contribution >= 4 is 0 Å². The van der Waals surface area contributed by atoms with Crippen molar-refractivity contribution in [3.8, 4) is 0 Å². The van der Waals surface area contributed by atoms with Crippen LogP contribution in [-0.4, -0.2) is 49.1 Å². The number of rotatable bonds is 6. The first-order chi connectivity index (χ1) is 9.22. The second-order valence-electron chi connectivity index (χ2n) is 5.31. The first-order valence-corrected chi connectivity index (χ1v) is 7.46. The van der Waals surface area contributed by atoms with Gasteiger partial charge in [0.2, 0.25) is 0 Å². The minimum atomic E-state index is 0.839. The Labute approximate surface area is 116 Å². The highest BCUT2D eigenvalue weighted by Gasteiger charge is 2.17. The fourth-order valence-electron chi connectivity index (χ4n) is 2.57. The number of aryl methyl sites for hydroxylation is 1. The van der Waals surface area contributed by atoms with Crippen molar-refractivity contribution in [1.29, 1.82) is 0 Å². The van der Waals surface area contributed by atoms with Gasteiger partial charge in [-0.3, -0.25) is 4.90 Å². The Balaban J connectivity index is 1.86. The molecule has 0 spiro atoms. The minimum Gasteiger partial charge on any atom is -0.463 e. The van der Waals surface area contributed by atoms with Gasteiger partial charge in [-0.25, -0.2) is 0 Å². The average molecular weight is 265 g/mol. The fourth-order valence-corrected chi connectivity index (χ4v) is 2.57. The van der Waals surface area contributed by atoms with Gasteiger partial charge in [-0.1, -0.05) is 13.8 Å². The number of likely N-dealkylation sites (N-methyl/N-ethyl adjacent to an activating group) is 1. The number of nitrogens with one attached hydrogen (secondary N) is 1. The lowest BCUT2D eigenvalue weighted by molar-refractivity contribution is 0.125. The molecule has 0 radical (unpaired) electrons. The van der Waals surface area contributed by atoms with E-state index >= 15 is 0 Å². The summed E-state index contributed by atoms with van der Waals surface area (Å²) in [4.78, 5) is 4.99. The topological polar surface area (TPSA) is 31.7 Å². The van der Waals surface area contributed by atoms with Crippen LogP contribution in [0.4, 0.5) is 0 Å². The molecule has 0 atom stereocenters. The Kier molecular flexibility index (Phi) is 5.43. The molecule has 1 aromatic rings. The Morgan fingerprint density at radius 2 is 1.84 bits per heavy atom. The lowest BCUT2D eigenvalue weighted by atomic mass is 10.2. The first-order valence-electron chi connectivity index (χ1n) is 7.46. The van der Waals surface area contributed by atoms with E-state index in [9.17, 15) is 0 Å². The lowest BCUT2D eigenvalue weighted by Crippen LogP contribution is -2.45. The summed E-state index contributed by atoms with van der Waals surface area (Å²) < 4.78 is 5.95. The van der Waals surface area contributed by atoms with Gasteiger partial charge in [0.15, 0.2) is 0 Å². The zero-order valence-electron chi connectivity index (χ0n) is 12.5. The highest BCUT2D eigenvalue weighted by molar-refractivity contribution is 5.20. The van der Waals surface area contributed by atoms with Crippen molar-refractivity contribution in [3.05, 3.63) is 23.2 Å². The summed E-state index contributed by atoms with van der Waals surface area (Å²) in [7, 11) is 0. The van der Waals surface area contributed by atoms with Crippen LogP contribution < -0.4 is 5.32 Å². The van der Waals surface area contributed by atoms with Crippen LogP contribution in [0.5, 0.6) is 0 Å². The molecule has 0 saturated carbocycles. The highest BCUT2D eigenvalue weighted by atomic mass is 16.3. The Hall–Kier alpha value is -0.840. The van der Waals surface area contributed by atoms with E-state index in [2.05, 4.69) is 42.0 Å². The number of hydrogen-bond donors (Lipinski definition) is 1. The van der Waals surface area contributed by atoms with Gasteiger partial charge in [-0.15, -0.1) is 0 Å². The molecule has 4 heteroatoms. The lowest BCUT2D eigenvalue weighted by Gasteiger charge is -2.33. The fraction of sp³-hybridized carbons (Fsp3) is 0.733. The van der Waals surface area contributed by atoms with Crippen molar-refractivity contribution in [3.63, 3.8) is 0 Å². The molecule has 0 amide bonds. The van der Waals surface area contributed by atoms with Gasteiger partial charge in [-0.2, -0.15) is 0 Å². The van der Waals surface area contributed by atoms with Gasteiger partial charge in [0.05, 0.1) is 13.1 Å². The Morgan fingerprint density at radius 1 is 1.16 bits per heavy atom. The molecule has 0 bridgehead atoms. The highest BCUT2D eigenvalue weighted by Crippen LogP contribution is 2.17. The summed E-state index contributed by atoms with van der Waals surface area (Å²) in [6.07, 6.45) is 0. The standard InChI is InChI=1S/C15H27N3O/c1-4-16-11-15-13(3)10-14(19-15)12-18-8-6-17(5-2)7-9-18/h10,16H,4-9,11-12H2,1-3H3. The molecule has 1 N–H and O–H groups in total. The van der Waals surface area contributed by atoms with Crippen molar-refractivity contribution in [2.24, 2.45) is 0 Å². The predicted octanol–water partition coefficient (Wildman–Crippen LogP) is 1.84. The molecule has 0 aromatic carbocycles. The van der Waals surface area contributed by atoms with Crippen molar-refractivity contribution < 1.29 is 4.42 Å². The zero-order chi connectivity index (χ0) is 13.7. The van der Waals surface area contributed by atoms with E-state index in [0.717, 1.165) is 44.2 Å². The number of piperazine rings is 1. The van der Waals surface area contributed by atoms with E-state index in [1.165, 1.54) is 25.2 Å². The van der Waals surface area contributed by atoms with Crippen LogP contribution in [0.2, 0.25) is 0 Å². The molecule has 1 aliphatic heterocycles. The monoisotopic (exact) mass is 265 g/mol. The van der Waals surface area contributed by atoms with E-state index in [4.69, 9.17) is 4.42 Å². The van der Waals surface area contributed by atoms with Gasteiger partial charge in [0, 0.05) is 26.2 Å². The molecule has 108 valence electrons. The molecule has 1 saturated heterocycles. The third kappa shape index (κ3) is 4.06. The van der Waals surface area contributed by atoms with Gasteiger partial charge in [0.25, 0.3) is 0 Å². The summed E-state index contributed by atoms with van der Waals surface area (Å²) in [6, 6.07) is 2.19. The summed E-state index contributed by atoms with van der Waals surface area (Å²) in [5.41, 5.74) is 1.27. The van der Waals surface area contributed by atoms with Gasteiger partial charge < -0.3 is 14.6 Å². The van der Waals surface area contributed by atoms with Gasteiger partial charge in [0.1, 0.15) is 11.5 Å². The number of nitrogens with zero attached hydrogens (tertiary/aromatic N) is 2. The minimum absolute atomic E-state index is 0.839. The normalized spacial score (nSPS) is 18.1. The van der Waals surface area contributed by atoms with Crippen LogP contribution in [-0.2, 0) is 13.1 Å². The van der Waals surface area contributed by atoms with Gasteiger partial charge in [-0.05, 0) is 31.6 Å². The molecule has 19 heavy (non-hydrogen) atoms. The van der Waals surface area contributed by atoms with Crippen molar-refractivity contribution in [1.82, 2.24) is 15.1 Å². The van der Waals surface area contributed by atoms with Gasteiger partial charge >= 0.3 is 0 Å². The molecule has 0 unspecified atom stereocenters. The summed E-state index contributed by atoms with van der Waals surface area (Å²) in [6.45, 7) is 15.1. The van der Waals surface area contributed by atoms with Crippen LogP contribution in [0.1, 0.15) is 30.9 Å². The Bertz CT molecular complexity index is 381. The largest absolute Gasteiger partial charge is 0.463 e. The third-order valence-corrected chi connectivity index (χ3v) is 3.90. The number of hydrogen-bond acceptors (Lipinski definition) is 4. The quantitative estimate of drug-likeness (QED) is 0.850. The molecule has 1 aliphatic rings. The summed E-state index contributed by atoms with van der Waals surface area (Å²) in [5.74, 6) is 2.19. The van der Waals surface area contributed by atoms with Crippen LogP contribution in [0.15, 0.2) is 10.5 Å². The maximum atomic E-state index is 5.95. The van der Waals surface area contributed by atoms with E-state index < -0.39 is 0 Å². The van der Waals surface area contributed by atoms with E-state index in [0.29, 0.717) is 0 Å². The molecular weight excluding hydrogens is 238 g/mol. The smallest absolute Gasteiger partial charge is 0.120 e. The predicted molar refractivity (Wildman–Crippen MR) is 78.2 cm³/mol. The molecule has 1 aromatic heterocycles. The summed E-state index contributed by atoms with van der Waals surface area (Å²) in [5, 5.41) is 3.32. The van der Waals surface area contributed by atoms with Crippen LogP contribution in [0, 0.1) is 6.92 Å². The zero-order valence-corrected chi connectivity index (χ0v) is 12.5. The average Bonchev–Trinajstić information content (AvgIpc) is 2.77. The Morgan fingerprint density at radius 3 is 2.47 bits per heavy atom. The van der Waals surface area contributed by atoms with E-state index in [1.807, 2.05) is 0 Å². The van der Waals surface area contributed by atoms with E-state index in [-0.39, 0.29) is 0 Å². The second-order valence-corrected chi connectivity index (χ2v) is 5.31. The molecular formula is C15H27N3O. The maximum absolute atomic E-state index is 5.95. The maximum Gasteiger partial charge on any atom is 0.120 e. The third-order valence-electron chi connectivity index (χ3n) is 3.90. The summed E-state index contributed by atoms with van der Waals surface area (Å²) >= 11 is 0. The molecule has 0 aliphatic carbocycles. The first kappa shape index (κ1) is 14.6. The molecule has 4 nitrogen and oxygen atoms in total. The molecule has 2 heterocycles. The van der Waals surface area contributed by atoms with Crippen LogP contribution in [0.3, 0.4) is 0 Å².